The highest BCUT2D eigenvalue weighted by Gasteiger charge is 2.35. The van der Waals surface area contributed by atoms with Crippen molar-refractivity contribution in [2.45, 2.75) is 64.2 Å². The highest BCUT2D eigenvalue weighted by Crippen LogP contribution is 2.42. The van der Waals surface area contributed by atoms with Crippen LogP contribution >= 0.6 is 0 Å². The molecule has 0 aromatic rings. The molecule has 1 N–H and O–H groups in total. The quantitative estimate of drug-likeness (QED) is 0.831. The van der Waals surface area contributed by atoms with E-state index in [0.29, 0.717) is 11.8 Å². The Hall–Kier alpha value is -0.570. The predicted molar refractivity (Wildman–Crippen MR) is 76.4 cm³/mol. The molecule has 1 amide bonds. The highest BCUT2D eigenvalue weighted by atomic mass is 16.2. The molecular weight excluding hydrogens is 236 g/mol. The van der Waals surface area contributed by atoms with Gasteiger partial charge in [0.2, 0.25) is 5.91 Å². The van der Waals surface area contributed by atoms with Crippen molar-refractivity contribution >= 4 is 5.91 Å². The molecule has 2 aliphatic carbocycles. The molecule has 3 heteroatoms. The summed E-state index contributed by atoms with van der Waals surface area (Å²) in [6, 6.07) is 0. The SMILES string of the molecule is O=C(NN1CCCCC1)[C@@H]1CC[C@H]2CCCC[C@@H]2C1. The Kier molecular flexibility index (Phi) is 4.42. The molecule has 3 fully saturated rings. The summed E-state index contributed by atoms with van der Waals surface area (Å²) in [5.74, 6) is 2.39. The molecule has 108 valence electrons. The van der Waals surface area contributed by atoms with Crippen LogP contribution in [-0.2, 0) is 4.79 Å². The van der Waals surface area contributed by atoms with E-state index in [9.17, 15) is 4.79 Å². The zero-order chi connectivity index (χ0) is 13.1. The van der Waals surface area contributed by atoms with Gasteiger partial charge in [0, 0.05) is 19.0 Å². The van der Waals surface area contributed by atoms with E-state index in [1.165, 1.54) is 51.4 Å². The number of fused-ring (bicyclic) bond motifs is 1. The Bertz CT molecular complexity index is 312. The van der Waals surface area contributed by atoms with Crippen molar-refractivity contribution in [1.29, 1.82) is 0 Å². The van der Waals surface area contributed by atoms with Crippen LogP contribution in [0.1, 0.15) is 64.2 Å². The molecule has 0 bridgehead atoms. The van der Waals surface area contributed by atoms with Crippen LogP contribution in [0.15, 0.2) is 0 Å². The van der Waals surface area contributed by atoms with Crippen LogP contribution < -0.4 is 5.43 Å². The summed E-state index contributed by atoms with van der Waals surface area (Å²) in [5.41, 5.74) is 3.18. The first-order chi connectivity index (χ1) is 9.33. The Labute approximate surface area is 117 Å². The van der Waals surface area contributed by atoms with E-state index in [4.69, 9.17) is 0 Å². The number of amides is 1. The Balaban J connectivity index is 1.49. The second-order valence-corrected chi connectivity index (χ2v) is 6.84. The molecule has 1 aliphatic heterocycles. The maximum Gasteiger partial charge on any atom is 0.237 e. The molecule has 0 spiro atoms. The van der Waals surface area contributed by atoms with Gasteiger partial charge in [-0.05, 0) is 43.9 Å². The van der Waals surface area contributed by atoms with Crippen molar-refractivity contribution in [1.82, 2.24) is 10.4 Å². The van der Waals surface area contributed by atoms with Crippen molar-refractivity contribution in [3.63, 3.8) is 0 Å². The molecule has 2 saturated carbocycles. The summed E-state index contributed by atoms with van der Waals surface area (Å²) >= 11 is 0. The zero-order valence-electron chi connectivity index (χ0n) is 12.1. The molecule has 3 nitrogen and oxygen atoms in total. The zero-order valence-corrected chi connectivity index (χ0v) is 12.1. The minimum absolute atomic E-state index is 0.293. The molecule has 0 aromatic heterocycles. The topological polar surface area (TPSA) is 32.3 Å². The van der Waals surface area contributed by atoms with Crippen LogP contribution in [0.3, 0.4) is 0 Å². The third-order valence-corrected chi connectivity index (χ3v) is 5.53. The first kappa shape index (κ1) is 13.4. The largest absolute Gasteiger partial charge is 0.289 e. The van der Waals surface area contributed by atoms with Gasteiger partial charge in [-0.3, -0.25) is 10.2 Å². The standard InChI is InChI=1S/C16H28N2O/c19-16(17-18-10-4-1-5-11-18)15-9-8-13-6-2-3-7-14(13)12-15/h13-15H,1-12H2,(H,17,19)/t13-,14-,15-/m1/s1. The van der Waals surface area contributed by atoms with E-state index in [1.807, 2.05) is 0 Å². The first-order valence-corrected chi connectivity index (χ1v) is 8.38. The number of rotatable bonds is 2. The fourth-order valence-electron chi connectivity index (χ4n) is 4.36. The summed E-state index contributed by atoms with van der Waals surface area (Å²) in [4.78, 5) is 12.4. The second-order valence-electron chi connectivity index (χ2n) is 6.84. The van der Waals surface area contributed by atoms with E-state index in [0.717, 1.165) is 37.8 Å². The molecule has 19 heavy (non-hydrogen) atoms. The fraction of sp³-hybridized carbons (Fsp3) is 0.938. The third kappa shape index (κ3) is 3.31. The minimum Gasteiger partial charge on any atom is -0.289 e. The van der Waals surface area contributed by atoms with Gasteiger partial charge in [0.05, 0.1) is 0 Å². The lowest BCUT2D eigenvalue weighted by Crippen LogP contribution is -2.48. The number of piperidine rings is 1. The molecule has 3 aliphatic rings. The maximum atomic E-state index is 12.4. The monoisotopic (exact) mass is 264 g/mol. The Morgan fingerprint density at radius 1 is 0.842 bits per heavy atom. The number of nitrogens with zero attached hydrogens (tertiary/aromatic N) is 1. The van der Waals surface area contributed by atoms with Crippen molar-refractivity contribution < 1.29 is 4.79 Å². The summed E-state index contributed by atoms with van der Waals surface area (Å²) in [7, 11) is 0. The number of carbonyl (C=O) groups is 1. The average molecular weight is 264 g/mol. The molecular formula is C16H28N2O. The van der Waals surface area contributed by atoms with E-state index in [1.54, 1.807) is 0 Å². The number of nitrogens with one attached hydrogen (secondary N) is 1. The van der Waals surface area contributed by atoms with Crippen molar-refractivity contribution in [2.75, 3.05) is 13.1 Å². The molecule has 0 unspecified atom stereocenters. The Morgan fingerprint density at radius 3 is 2.37 bits per heavy atom. The Morgan fingerprint density at radius 2 is 1.58 bits per heavy atom. The molecule has 1 heterocycles. The van der Waals surface area contributed by atoms with Gasteiger partial charge in [-0.15, -0.1) is 0 Å². The molecule has 1 saturated heterocycles. The van der Waals surface area contributed by atoms with Crippen molar-refractivity contribution in [3.05, 3.63) is 0 Å². The molecule has 0 aromatic carbocycles. The number of hydrogen-bond acceptors (Lipinski definition) is 2. The van der Waals surface area contributed by atoms with Crippen LogP contribution in [-0.4, -0.2) is 24.0 Å². The first-order valence-electron chi connectivity index (χ1n) is 8.38. The molecule has 3 rings (SSSR count). The van der Waals surface area contributed by atoms with E-state index >= 15 is 0 Å². The van der Waals surface area contributed by atoms with Crippen LogP contribution in [0.25, 0.3) is 0 Å². The smallest absolute Gasteiger partial charge is 0.237 e. The van der Waals surface area contributed by atoms with Crippen molar-refractivity contribution in [2.24, 2.45) is 17.8 Å². The number of carbonyl (C=O) groups excluding carboxylic acids is 1. The highest BCUT2D eigenvalue weighted by molar-refractivity contribution is 5.78. The van der Waals surface area contributed by atoms with E-state index < -0.39 is 0 Å². The van der Waals surface area contributed by atoms with Crippen LogP contribution in [0.4, 0.5) is 0 Å². The van der Waals surface area contributed by atoms with Gasteiger partial charge in [0.1, 0.15) is 0 Å². The second kappa shape index (κ2) is 6.25. The lowest BCUT2D eigenvalue weighted by atomic mass is 9.67. The number of hydrazine groups is 1. The van der Waals surface area contributed by atoms with E-state index in [-0.39, 0.29) is 0 Å². The van der Waals surface area contributed by atoms with Crippen LogP contribution in [0.5, 0.6) is 0 Å². The number of hydrogen-bond donors (Lipinski definition) is 1. The lowest BCUT2D eigenvalue weighted by molar-refractivity contribution is -0.132. The van der Waals surface area contributed by atoms with Gasteiger partial charge in [0.15, 0.2) is 0 Å². The molecule has 3 atom stereocenters. The fourth-order valence-corrected chi connectivity index (χ4v) is 4.36. The maximum absolute atomic E-state index is 12.4. The van der Waals surface area contributed by atoms with Gasteiger partial charge in [-0.2, -0.15) is 0 Å². The van der Waals surface area contributed by atoms with Gasteiger partial charge in [-0.1, -0.05) is 32.1 Å². The third-order valence-electron chi connectivity index (χ3n) is 5.53. The van der Waals surface area contributed by atoms with E-state index in [2.05, 4.69) is 10.4 Å². The van der Waals surface area contributed by atoms with Crippen LogP contribution in [0.2, 0.25) is 0 Å². The molecule has 0 radical (unpaired) electrons. The minimum atomic E-state index is 0.293. The van der Waals surface area contributed by atoms with Gasteiger partial charge >= 0.3 is 0 Å². The summed E-state index contributed by atoms with van der Waals surface area (Å²) < 4.78 is 0. The van der Waals surface area contributed by atoms with Gasteiger partial charge in [0.25, 0.3) is 0 Å². The van der Waals surface area contributed by atoms with Crippen molar-refractivity contribution in [3.8, 4) is 0 Å². The summed E-state index contributed by atoms with van der Waals surface area (Å²) in [6.07, 6.45) is 13.0. The van der Waals surface area contributed by atoms with Crippen LogP contribution in [0, 0.1) is 17.8 Å². The van der Waals surface area contributed by atoms with Gasteiger partial charge < -0.3 is 0 Å². The van der Waals surface area contributed by atoms with Gasteiger partial charge in [-0.25, -0.2) is 5.01 Å². The predicted octanol–water partition coefficient (Wildman–Crippen LogP) is 3.11. The average Bonchev–Trinajstić information content (AvgIpc) is 2.48. The normalized spacial score (nSPS) is 36.5. The summed E-state index contributed by atoms with van der Waals surface area (Å²) in [5, 5.41) is 2.15. The lowest BCUT2D eigenvalue weighted by Gasteiger charge is -2.39. The summed E-state index contributed by atoms with van der Waals surface area (Å²) in [6.45, 7) is 2.09.